The van der Waals surface area contributed by atoms with Gasteiger partial charge in [-0.1, -0.05) is 0 Å². The van der Waals surface area contributed by atoms with Crippen molar-refractivity contribution in [1.82, 2.24) is 19.6 Å². The van der Waals surface area contributed by atoms with Crippen LogP contribution in [-0.4, -0.2) is 229 Å². The van der Waals surface area contributed by atoms with Crippen molar-refractivity contribution in [3.05, 3.63) is 265 Å². The Bertz CT molecular complexity index is 4920. The van der Waals surface area contributed by atoms with E-state index in [2.05, 4.69) is 281 Å². The van der Waals surface area contributed by atoms with Gasteiger partial charge in [-0.2, -0.15) is 0 Å². The molecule has 0 radical (unpaired) electrons. The van der Waals surface area contributed by atoms with Gasteiger partial charge in [0.15, 0.2) is 5.11 Å². The second kappa shape index (κ2) is 34.7. The molecular weight excluding hydrogens is 2150 g/mol. The van der Waals surface area contributed by atoms with E-state index < -0.39 is 40.9 Å². The molecular formula is C78H59IN8O5S2Se4Te4. The van der Waals surface area contributed by atoms with Crippen LogP contribution in [0.15, 0.2) is 256 Å². The molecule has 6 aliphatic heterocycles. The second-order valence-corrected chi connectivity index (χ2v) is 47.5. The SMILES string of the molecule is CN1C(=O)C(=Cc2ccc(N3c4ccccc4[Se]c4ccccc43)[te]2)C(=O)N(C)C1=S.CN1C(=O)CC(=O)N(C)C1=S.Ic1ccc[te]1.O=Cc1ccc(N2c3ccccc3[Se]c3ccccc32)[te]1.c1c[te]c(N2c3ccccc3[Se]c3ccccc32)c1.c1ccc2c(c1)Nc1ccccc1[Se]2. The summed E-state index contributed by atoms with van der Waals surface area (Å²) in [5.41, 5.74) is 10.5. The molecule has 0 spiro atoms. The monoisotopic (exact) mass is 2220 g/mol. The fourth-order valence-corrected chi connectivity index (χ4v) is 30.0. The topological polar surface area (TPSA) is 120 Å². The number of nitrogens with zero attached hydrogens (tertiary/aromatic N) is 7. The van der Waals surface area contributed by atoms with Gasteiger partial charge in [-0.25, -0.2) is 0 Å². The first-order valence-electron chi connectivity index (χ1n) is 31.5. The molecule has 24 heteroatoms. The van der Waals surface area contributed by atoms with Crippen LogP contribution in [0.1, 0.15) is 18.4 Å². The third-order valence-electron chi connectivity index (χ3n) is 16.1. The second-order valence-electron chi connectivity index (χ2n) is 22.6. The number of carbonyl (C=O) groups excluding carboxylic acids is 5. The van der Waals surface area contributed by atoms with E-state index in [1.807, 2.05) is 12.1 Å². The van der Waals surface area contributed by atoms with Gasteiger partial charge in [0.25, 0.3) is 0 Å². The molecule has 2 saturated heterocycles. The van der Waals surface area contributed by atoms with Crippen LogP contribution in [0.4, 0.5) is 56.6 Å². The van der Waals surface area contributed by atoms with E-state index in [-0.39, 0.29) is 102 Å². The van der Waals surface area contributed by atoms with Crippen LogP contribution in [0.5, 0.6) is 0 Å². The molecule has 4 amide bonds. The predicted molar refractivity (Wildman–Crippen MR) is 441 cm³/mol. The number of halogens is 1. The first-order valence-corrected chi connectivity index (χ1v) is 49.9. The molecule has 0 atom stereocenters. The van der Waals surface area contributed by atoms with Gasteiger partial charge in [-0.3, -0.25) is 19.4 Å². The zero-order valence-electron chi connectivity index (χ0n) is 54.7. The van der Waals surface area contributed by atoms with E-state index in [1.54, 1.807) is 35.9 Å². The van der Waals surface area contributed by atoms with Gasteiger partial charge in [0, 0.05) is 14.1 Å². The van der Waals surface area contributed by atoms with E-state index in [9.17, 15) is 24.0 Å². The standard InChI is InChI=1S/C23H17N3O2SSeTe.C17H11NOSeTe.C16H11NSeTe.C12H9NSe.C6H8N2O2S.C4H3ITe/c1-24-21(27)15(22(28)25(2)23(24)29)13-14-11-12-20(31-14)26-16-7-3-5-9-18(16)30-19-10-6-4-8-17(19)26;19-11-12-9-10-17(21-12)18-13-5-1-3-7-15(13)20-16-8-4-2-6-14(16)18;1-3-8-14-12(6-1)17(16-10-5-11-19-16)13-7-2-4-9-15(13)18-14;1-3-7-11-9(5-1)13-10-6-2-4-8-12(10)14-11;1-7-4(9)3-5(10)8(2)6(7)11;5-4-2-1-3-6-4/h3-13H,1-2H3;1-11H;1-11H;1-8,13H;3H2,1-2H3;1-3H. The van der Waals surface area contributed by atoms with Gasteiger partial charge in [0.2, 0.25) is 11.8 Å². The van der Waals surface area contributed by atoms with Crippen molar-refractivity contribution in [2.24, 2.45) is 0 Å². The van der Waals surface area contributed by atoms with Crippen molar-refractivity contribution >= 4 is 327 Å². The number of aldehydes is 1. The van der Waals surface area contributed by atoms with Crippen molar-refractivity contribution in [3.8, 4) is 0 Å². The fourth-order valence-electron chi connectivity index (χ4n) is 11.1. The molecule has 2 fully saturated rings. The van der Waals surface area contributed by atoms with Crippen molar-refractivity contribution in [2.75, 3.05) is 48.2 Å². The Labute approximate surface area is 681 Å². The summed E-state index contributed by atoms with van der Waals surface area (Å²) in [6.45, 7) is 0. The number of para-hydroxylation sites is 8. The number of amides is 4. The molecule has 0 saturated carbocycles. The van der Waals surface area contributed by atoms with Crippen LogP contribution in [0.3, 0.4) is 0 Å². The molecule has 10 heterocycles. The quantitative estimate of drug-likeness (QED) is 0.0341. The summed E-state index contributed by atoms with van der Waals surface area (Å²) in [6, 6.07) is 86.3. The number of hydrogen-bond donors (Lipinski definition) is 1. The molecule has 13 nitrogen and oxygen atoms in total. The predicted octanol–water partition coefficient (Wildman–Crippen LogP) is 8.30. The number of thiocarbonyl (C=S) groups is 2. The number of hydrogen-bond acceptors (Lipinski definition) is 11. The van der Waals surface area contributed by atoms with Crippen LogP contribution in [0, 0.1) is 1.59 Å². The van der Waals surface area contributed by atoms with Crippen molar-refractivity contribution in [3.63, 3.8) is 0 Å². The maximum atomic E-state index is 12.7. The summed E-state index contributed by atoms with van der Waals surface area (Å²) in [5, 5.41) is 3.95. The molecule has 18 rings (SSSR count). The molecule has 12 aromatic rings. The van der Waals surface area contributed by atoms with Crippen LogP contribution in [0.25, 0.3) is 6.08 Å². The number of likely N-dealkylation sites (N-methyl/N-ethyl adjacent to an activating group) is 2. The molecule has 1 N–H and O–H groups in total. The van der Waals surface area contributed by atoms with Gasteiger partial charge in [0.05, 0.1) is 0 Å². The minimum absolute atomic E-state index is 0.0763. The molecule has 508 valence electrons. The van der Waals surface area contributed by atoms with E-state index in [4.69, 9.17) is 24.4 Å². The van der Waals surface area contributed by atoms with Crippen molar-refractivity contribution in [2.45, 2.75) is 6.42 Å². The Balaban J connectivity index is 0.000000116. The van der Waals surface area contributed by atoms with Crippen LogP contribution < -0.4 is 55.7 Å². The number of benzene rings is 8. The Morgan fingerprint density at radius 1 is 0.382 bits per heavy atom. The number of fused-ring (bicyclic) bond motifs is 8. The van der Waals surface area contributed by atoms with Gasteiger partial charge < -0.3 is 0 Å². The van der Waals surface area contributed by atoms with Crippen LogP contribution >= 0.6 is 47.0 Å². The first-order chi connectivity index (χ1) is 49.6. The molecule has 6 aliphatic rings. The molecule has 102 heavy (non-hydrogen) atoms. The van der Waals surface area contributed by atoms with E-state index in [1.165, 1.54) is 112 Å². The average molecular weight is 2210 g/mol. The number of nitrogens with one attached hydrogen (secondary N) is 1. The summed E-state index contributed by atoms with van der Waals surface area (Å²) in [6.07, 6.45) is 2.70. The Kier molecular flexibility index (Phi) is 25.4. The van der Waals surface area contributed by atoms with Crippen molar-refractivity contribution < 1.29 is 24.0 Å². The van der Waals surface area contributed by atoms with Crippen LogP contribution in [0.2, 0.25) is 0 Å². The zero-order chi connectivity index (χ0) is 71.0. The Hall–Kier alpha value is -5.68. The van der Waals surface area contributed by atoms with E-state index in [0.717, 1.165) is 13.4 Å². The zero-order valence-corrected chi connectivity index (χ0v) is 74.7. The van der Waals surface area contributed by atoms with Gasteiger partial charge in [0.1, 0.15) is 6.42 Å². The fraction of sp³-hybridized carbons (Fsp3) is 0.0641. The number of anilines is 11. The molecule has 8 aromatic carbocycles. The molecule has 0 unspecified atom stereocenters. The average Bonchev–Trinajstić information content (AvgIpc) is 1.39. The van der Waals surface area contributed by atoms with Crippen molar-refractivity contribution in [1.29, 1.82) is 0 Å². The summed E-state index contributed by atoms with van der Waals surface area (Å²) < 4.78 is 23.7. The van der Waals surface area contributed by atoms with Gasteiger partial charge in [-0.05, 0) is 12.2 Å². The van der Waals surface area contributed by atoms with E-state index >= 15 is 0 Å². The molecule has 4 aromatic heterocycles. The maximum absolute atomic E-state index is 12.7. The number of carbonyl (C=O) groups is 5. The Morgan fingerprint density at radius 2 is 0.716 bits per heavy atom. The first kappa shape index (κ1) is 74.6. The third kappa shape index (κ3) is 16.9. The van der Waals surface area contributed by atoms with Crippen LogP contribution in [-0.2, 0) is 19.2 Å². The third-order valence-corrected chi connectivity index (χ3v) is 38.9. The normalized spacial score (nSPS) is 14.2. The summed E-state index contributed by atoms with van der Waals surface area (Å²) >= 11 is 12.6. The van der Waals surface area contributed by atoms with E-state index in [0.29, 0.717) is 44.9 Å². The van der Waals surface area contributed by atoms with Gasteiger partial charge in [-0.15, -0.1) is 0 Å². The summed E-state index contributed by atoms with van der Waals surface area (Å²) in [5.74, 6) is -1.16. The summed E-state index contributed by atoms with van der Waals surface area (Å²) in [4.78, 5) is 70.8. The van der Waals surface area contributed by atoms with Gasteiger partial charge >= 0.3 is 621 Å². The molecule has 0 bridgehead atoms. The molecule has 0 aliphatic carbocycles. The Morgan fingerprint density at radius 3 is 1.07 bits per heavy atom. The number of rotatable bonds is 5. The minimum atomic E-state index is -0.788. The summed E-state index contributed by atoms with van der Waals surface area (Å²) in [7, 11) is 6.34.